The van der Waals surface area contributed by atoms with Crippen molar-refractivity contribution in [3.63, 3.8) is 0 Å². The van der Waals surface area contributed by atoms with Crippen molar-refractivity contribution < 1.29 is 4.79 Å². The fourth-order valence-electron chi connectivity index (χ4n) is 2.10. The molecular formula is C19H20ClNO. The van der Waals surface area contributed by atoms with E-state index < -0.39 is 0 Å². The van der Waals surface area contributed by atoms with Gasteiger partial charge in [0.15, 0.2) is 0 Å². The van der Waals surface area contributed by atoms with Gasteiger partial charge < -0.3 is 5.32 Å². The Balaban J connectivity index is 1.93. The predicted molar refractivity (Wildman–Crippen MR) is 94.2 cm³/mol. The van der Waals surface area contributed by atoms with Gasteiger partial charge >= 0.3 is 0 Å². The summed E-state index contributed by atoms with van der Waals surface area (Å²) in [5.41, 5.74) is 2.93. The molecule has 0 radical (unpaired) electrons. The highest BCUT2D eigenvalue weighted by Crippen LogP contribution is 2.16. The lowest BCUT2D eigenvalue weighted by molar-refractivity contribution is -0.111. The van der Waals surface area contributed by atoms with Crippen LogP contribution in [-0.4, -0.2) is 5.91 Å². The minimum atomic E-state index is -0.166. The second-order valence-corrected chi connectivity index (χ2v) is 5.55. The van der Waals surface area contributed by atoms with Crippen molar-refractivity contribution in [3.8, 4) is 0 Å². The zero-order chi connectivity index (χ0) is 15.8. The highest BCUT2D eigenvalue weighted by molar-refractivity contribution is 6.32. The van der Waals surface area contributed by atoms with E-state index in [2.05, 4.69) is 24.4 Å². The highest BCUT2D eigenvalue weighted by atomic mass is 35.5. The molecule has 0 saturated carbocycles. The van der Waals surface area contributed by atoms with Crippen LogP contribution in [0.15, 0.2) is 54.6 Å². The molecule has 2 aromatic carbocycles. The summed E-state index contributed by atoms with van der Waals surface area (Å²) in [6.07, 6.45) is 6.66. The van der Waals surface area contributed by atoms with Gasteiger partial charge in [-0.05, 0) is 48.2 Å². The van der Waals surface area contributed by atoms with E-state index in [0.717, 1.165) is 17.7 Å². The van der Waals surface area contributed by atoms with Crippen molar-refractivity contribution in [3.05, 3.63) is 70.8 Å². The molecule has 0 aliphatic carbocycles. The molecule has 0 atom stereocenters. The molecule has 3 heteroatoms. The Bertz CT molecular complexity index is 647. The maximum absolute atomic E-state index is 11.9. The van der Waals surface area contributed by atoms with Crippen LogP contribution in [0.5, 0.6) is 0 Å². The SMILES string of the molecule is CCCCc1ccc(NC(=O)C=Cc2ccccc2Cl)cc1. The van der Waals surface area contributed by atoms with Gasteiger partial charge in [-0.15, -0.1) is 0 Å². The Morgan fingerprint density at radius 3 is 2.55 bits per heavy atom. The van der Waals surface area contributed by atoms with Gasteiger partial charge in [0.2, 0.25) is 5.91 Å². The number of carbonyl (C=O) groups is 1. The first-order valence-electron chi connectivity index (χ1n) is 7.51. The molecule has 0 aromatic heterocycles. The molecule has 114 valence electrons. The first-order valence-corrected chi connectivity index (χ1v) is 7.89. The largest absolute Gasteiger partial charge is 0.323 e. The molecule has 0 saturated heterocycles. The van der Waals surface area contributed by atoms with E-state index in [4.69, 9.17) is 11.6 Å². The number of amides is 1. The van der Waals surface area contributed by atoms with Gasteiger partial charge in [-0.1, -0.05) is 55.3 Å². The Hall–Kier alpha value is -2.06. The standard InChI is InChI=1S/C19H20ClNO/c1-2-3-6-15-9-12-17(13-10-15)21-19(22)14-11-16-7-4-5-8-18(16)20/h4-5,7-14H,2-3,6H2,1H3,(H,21,22). The number of benzene rings is 2. The maximum Gasteiger partial charge on any atom is 0.248 e. The fourth-order valence-corrected chi connectivity index (χ4v) is 2.29. The van der Waals surface area contributed by atoms with Crippen molar-refractivity contribution in [2.45, 2.75) is 26.2 Å². The van der Waals surface area contributed by atoms with E-state index in [0.29, 0.717) is 5.02 Å². The minimum Gasteiger partial charge on any atom is -0.323 e. The first kappa shape index (κ1) is 16.3. The number of halogens is 1. The minimum absolute atomic E-state index is 0.166. The molecule has 0 aliphatic heterocycles. The predicted octanol–water partition coefficient (Wildman–Crippen LogP) is 5.33. The van der Waals surface area contributed by atoms with E-state index >= 15 is 0 Å². The van der Waals surface area contributed by atoms with Gasteiger partial charge in [-0.3, -0.25) is 4.79 Å². The van der Waals surface area contributed by atoms with Gasteiger partial charge in [0.05, 0.1) is 0 Å². The van der Waals surface area contributed by atoms with Gasteiger partial charge in [0.25, 0.3) is 0 Å². The summed E-state index contributed by atoms with van der Waals surface area (Å²) in [5.74, 6) is -0.166. The number of unbranched alkanes of at least 4 members (excludes halogenated alkanes) is 1. The molecule has 2 aromatic rings. The Kier molecular flexibility index (Phi) is 6.23. The third kappa shape index (κ3) is 5.05. The lowest BCUT2D eigenvalue weighted by Crippen LogP contribution is -2.07. The topological polar surface area (TPSA) is 29.1 Å². The molecule has 0 spiro atoms. The maximum atomic E-state index is 11.9. The summed E-state index contributed by atoms with van der Waals surface area (Å²) in [6.45, 7) is 2.18. The number of carbonyl (C=O) groups excluding carboxylic acids is 1. The number of hydrogen-bond donors (Lipinski definition) is 1. The van der Waals surface area contributed by atoms with E-state index in [1.165, 1.54) is 24.5 Å². The molecule has 2 rings (SSSR count). The molecule has 0 bridgehead atoms. The molecule has 0 fully saturated rings. The van der Waals surface area contributed by atoms with Crippen molar-refractivity contribution in [2.75, 3.05) is 5.32 Å². The molecule has 0 aliphatic rings. The van der Waals surface area contributed by atoms with Crippen LogP contribution in [0.2, 0.25) is 5.02 Å². The number of anilines is 1. The Morgan fingerprint density at radius 2 is 1.86 bits per heavy atom. The third-order valence-electron chi connectivity index (χ3n) is 3.36. The first-order chi connectivity index (χ1) is 10.7. The van der Waals surface area contributed by atoms with Crippen LogP contribution in [0, 0.1) is 0 Å². The van der Waals surface area contributed by atoms with Crippen LogP contribution < -0.4 is 5.32 Å². The number of hydrogen-bond acceptors (Lipinski definition) is 1. The van der Waals surface area contributed by atoms with Gasteiger partial charge in [0.1, 0.15) is 0 Å². The normalized spacial score (nSPS) is 10.8. The molecule has 1 amide bonds. The van der Waals surface area contributed by atoms with Crippen LogP contribution in [0.1, 0.15) is 30.9 Å². The van der Waals surface area contributed by atoms with Crippen LogP contribution in [0.25, 0.3) is 6.08 Å². The summed E-state index contributed by atoms with van der Waals surface area (Å²) in [4.78, 5) is 11.9. The Morgan fingerprint density at radius 1 is 1.14 bits per heavy atom. The molecule has 22 heavy (non-hydrogen) atoms. The average Bonchev–Trinajstić information content (AvgIpc) is 2.53. The molecule has 0 heterocycles. The van der Waals surface area contributed by atoms with E-state index in [1.54, 1.807) is 12.1 Å². The second kappa shape index (κ2) is 8.40. The fraction of sp³-hybridized carbons (Fsp3) is 0.211. The van der Waals surface area contributed by atoms with Crippen LogP contribution >= 0.6 is 11.6 Å². The second-order valence-electron chi connectivity index (χ2n) is 5.14. The lowest BCUT2D eigenvalue weighted by Gasteiger charge is -2.04. The quantitative estimate of drug-likeness (QED) is 0.717. The summed E-state index contributed by atoms with van der Waals surface area (Å²) in [6, 6.07) is 15.4. The zero-order valence-corrected chi connectivity index (χ0v) is 13.4. The van der Waals surface area contributed by atoms with E-state index in [-0.39, 0.29) is 5.91 Å². The number of aryl methyl sites for hydroxylation is 1. The molecule has 2 nitrogen and oxygen atoms in total. The van der Waals surface area contributed by atoms with Crippen molar-refractivity contribution in [1.29, 1.82) is 0 Å². The monoisotopic (exact) mass is 313 g/mol. The smallest absolute Gasteiger partial charge is 0.248 e. The van der Waals surface area contributed by atoms with Gasteiger partial charge in [0, 0.05) is 16.8 Å². The van der Waals surface area contributed by atoms with Crippen LogP contribution in [-0.2, 0) is 11.2 Å². The summed E-state index contributed by atoms with van der Waals surface area (Å²) in [7, 11) is 0. The van der Waals surface area contributed by atoms with Crippen molar-refractivity contribution >= 4 is 29.3 Å². The summed E-state index contributed by atoms with van der Waals surface area (Å²) >= 11 is 6.04. The number of nitrogens with one attached hydrogen (secondary N) is 1. The van der Waals surface area contributed by atoms with E-state index in [1.807, 2.05) is 30.3 Å². The van der Waals surface area contributed by atoms with Gasteiger partial charge in [-0.2, -0.15) is 0 Å². The van der Waals surface area contributed by atoms with Crippen molar-refractivity contribution in [1.82, 2.24) is 0 Å². The van der Waals surface area contributed by atoms with Crippen molar-refractivity contribution in [2.24, 2.45) is 0 Å². The molecule has 0 unspecified atom stereocenters. The molecule has 1 N–H and O–H groups in total. The van der Waals surface area contributed by atoms with Crippen LogP contribution in [0.3, 0.4) is 0 Å². The number of rotatable bonds is 6. The third-order valence-corrected chi connectivity index (χ3v) is 3.70. The highest BCUT2D eigenvalue weighted by Gasteiger charge is 2.00. The summed E-state index contributed by atoms with van der Waals surface area (Å²) < 4.78 is 0. The Labute approximate surface area is 136 Å². The molecular weight excluding hydrogens is 294 g/mol. The average molecular weight is 314 g/mol. The van der Waals surface area contributed by atoms with Crippen LogP contribution in [0.4, 0.5) is 5.69 Å². The lowest BCUT2D eigenvalue weighted by atomic mass is 10.1. The zero-order valence-electron chi connectivity index (χ0n) is 12.7. The van der Waals surface area contributed by atoms with E-state index in [9.17, 15) is 4.79 Å². The summed E-state index contributed by atoms with van der Waals surface area (Å²) in [5, 5.41) is 3.48. The van der Waals surface area contributed by atoms with Gasteiger partial charge in [-0.25, -0.2) is 0 Å².